The van der Waals surface area contributed by atoms with Gasteiger partial charge in [-0.1, -0.05) is 22.9 Å². The molecule has 0 atom stereocenters. The van der Waals surface area contributed by atoms with Crippen LogP contribution in [-0.2, 0) is 9.84 Å². The van der Waals surface area contributed by atoms with E-state index in [9.17, 15) is 8.42 Å². The minimum Gasteiger partial charge on any atom is -0.497 e. The summed E-state index contributed by atoms with van der Waals surface area (Å²) >= 11 is 6.26. The van der Waals surface area contributed by atoms with Crippen LogP contribution in [0.1, 0.15) is 11.1 Å². The lowest BCUT2D eigenvalue weighted by Gasteiger charge is -2.11. The van der Waals surface area contributed by atoms with Crippen molar-refractivity contribution in [2.24, 2.45) is 0 Å². The standard InChI is InChI=1S/C24H20ClN5O3S/c1-14-4-10-19(12-15(14)2)34(31,32)24-23-27-22(26-17-6-8-18(33-3)9-7-17)20-13-16(25)5-11-21(20)30(23)29-28-24/h4-13H,1-3H3,(H,26,27). The fraction of sp³-hybridized carbons (Fsp3) is 0.125. The van der Waals surface area contributed by atoms with Gasteiger partial charge in [-0.05, 0) is 79.6 Å². The highest BCUT2D eigenvalue weighted by Crippen LogP contribution is 2.32. The van der Waals surface area contributed by atoms with Gasteiger partial charge in [-0.25, -0.2) is 13.4 Å². The summed E-state index contributed by atoms with van der Waals surface area (Å²) in [5, 5.41) is 12.3. The van der Waals surface area contributed by atoms with E-state index in [1.807, 2.05) is 38.1 Å². The summed E-state index contributed by atoms with van der Waals surface area (Å²) in [4.78, 5) is 4.77. The van der Waals surface area contributed by atoms with Gasteiger partial charge >= 0.3 is 0 Å². The Morgan fingerprint density at radius 2 is 1.74 bits per heavy atom. The Hall–Kier alpha value is -3.69. The molecule has 8 nitrogen and oxygen atoms in total. The van der Waals surface area contributed by atoms with Crippen LogP contribution in [0, 0.1) is 13.8 Å². The number of aromatic nitrogens is 4. The van der Waals surface area contributed by atoms with Gasteiger partial charge in [0.1, 0.15) is 11.6 Å². The van der Waals surface area contributed by atoms with Gasteiger partial charge in [0.15, 0.2) is 5.65 Å². The third-order valence-electron chi connectivity index (χ3n) is 5.67. The predicted molar refractivity (Wildman–Crippen MR) is 131 cm³/mol. The lowest BCUT2D eigenvalue weighted by Crippen LogP contribution is -2.06. The number of ether oxygens (including phenoxy) is 1. The van der Waals surface area contributed by atoms with Crippen LogP contribution < -0.4 is 10.1 Å². The fourth-order valence-electron chi connectivity index (χ4n) is 3.64. The van der Waals surface area contributed by atoms with E-state index in [1.54, 1.807) is 43.5 Å². The number of nitrogens with zero attached hydrogens (tertiary/aromatic N) is 4. The van der Waals surface area contributed by atoms with Crippen LogP contribution in [0.2, 0.25) is 5.02 Å². The average Bonchev–Trinajstić information content (AvgIpc) is 3.26. The third kappa shape index (κ3) is 3.72. The van der Waals surface area contributed by atoms with Gasteiger partial charge in [0, 0.05) is 16.1 Å². The minimum absolute atomic E-state index is 0.115. The second-order valence-electron chi connectivity index (χ2n) is 7.85. The summed E-state index contributed by atoms with van der Waals surface area (Å²) in [7, 11) is -2.37. The Kier molecular flexibility index (Phi) is 5.38. The molecule has 0 aliphatic carbocycles. The molecule has 172 valence electrons. The van der Waals surface area contributed by atoms with Gasteiger partial charge in [-0.15, -0.1) is 5.10 Å². The summed E-state index contributed by atoms with van der Waals surface area (Å²) < 4.78 is 33.6. The van der Waals surface area contributed by atoms with Crippen molar-refractivity contribution in [2.75, 3.05) is 12.4 Å². The first-order chi connectivity index (χ1) is 16.3. The molecular formula is C24H20ClN5O3S. The highest BCUT2D eigenvalue weighted by atomic mass is 35.5. The summed E-state index contributed by atoms with van der Waals surface area (Å²) in [6, 6.07) is 17.5. The zero-order chi connectivity index (χ0) is 24.0. The number of methoxy groups -OCH3 is 1. The Bertz CT molecular complexity index is 1660. The van der Waals surface area contributed by atoms with Crippen molar-refractivity contribution < 1.29 is 13.2 Å². The van der Waals surface area contributed by atoms with E-state index in [4.69, 9.17) is 16.3 Å². The van der Waals surface area contributed by atoms with Gasteiger partial charge in [0.05, 0.1) is 17.5 Å². The third-order valence-corrected chi connectivity index (χ3v) is 7.56. The number of fused-ring (bicyclic) bond motifs is 3. The van der Waals surface area contributed by atoms with E-state index in [1.165, 1.54) is 4.52 Å². The van der Waals surface area contributed by atoms with Crippen molar-refractivity contribution in [2.45, 2.75) is 23.8 Å². The fourth-order valence-corrected chi connectivity index (χ4v) is 5.13. The second kappa shape index (κ2) is 8.27. The molecule has 5 rings (SSSR count). The quantitative estimate of drug-likeness (QED) is 0.362. The largest absolute Gasteiger partial charge is 0.497 e. The van der Waals surface area contributed by atoms with Crippen molar-refractivity contribution in [3.8, 4) is 5.75 Å². The maximum atomic E-state index is 13.5. The Balaban J connectivity index is 1.72. The van der Waals surface area contributed by atoms with E-state index in [0.717, 1.165) is 16.8 Å². The van der Waals surface area contributed by atoms with E-state index < -0.39 is 9.84 Å². The molecule has 0 amide bonds. The molecule has 1 N–H and O–H groups in total. The number of anilines is 2. The number of halogens is 1. The van der Waals surface area contributed by atoms with Gasteiger partial charge in [-0.2, -0.15) is 4.52 Å². The number of aryl methyl sites for hydroxylation is 2. The van der Waals surface area contributed by atoms with Gasteiger partial charge in [0.25, 0.3) is 0 Å². The van der Waals surface area contributed by atoms with E-state index in [0.29, 0.717) is 27.5 Å². The molecule has 5 aromatic rings. The molecule has 2 aromatic heterocycles. The number of hydrogen-bond donors (Lipinski definition) is 1. The average molecular weight is 494 g/mol. The van der Waals surface area contributed by atoms with E-state index in [-0.39, 0.29) is 15.6 Å². The molecule has 0 bridgehead atoms. The smallest absolute Gasteiger partial charge is 0.229 e. The number of nitrogens with one attached hydrogen (secondary N) is 1. The predicted octanol–water partition coefficient (Wildman–Crippen LogP) is 5.13. The van der Waals surface area contributed by atoms with Gasteiger partial charge in [-0.3, -0.25) is 0 Å². The molecule has 0 fully saturated rings. The molecule has 0 unspecified atom stereocenters. The van der Waals surface area contributed by atoms with Crippen LogP contribution >= 0.6 is 11.6 Å². The van der Waals surface area contributed by atoms with Crippen molar-refractivity contribution >= 4 is 49.5 Å². The summed E-state index contributed by atoms with van der Waals surface area (Å²) in [6.45, 7) is 3.79. The molecular weight excluding hydrogens is 474 g/mol. The Morgan fingerprint density at radius 3 is 2.44 bits per heavy atom. The van der Waals surface area contributed by atoms with Crippen LogP contribution in [0.5, 0.6) is 5.75 Å². The number of hydrogen-bond acceptors (Lipinski definition) is 7. The molecule has 10 heteroatoms. The monoisotopic (exact) mass is 493 g/mol. The van der Waals surface area contributed by atoms with Crippen LogP contribution in [0.3, 0.4) is 0 Å². The molecule has 0 saturated carbocycles. The summed E-state index contributed by atoms with van der Waals surface area (Å²) in [5.74, 6) is 1.14. The number of benzene rings is 3. The normalized spacial score (nSPS) is 11.8. The zero-order valence-electron chi connectivity index (χ0n) is 18.6. The van der Waals surface area contributed by atoms with Crippen molar-refractivity contribution in [1.29, 1.82) is 0 Å². The highest BCUT2D eigenvalue weighted by molar-refractivity contribution is 7.91. The second-order valence-corrected chi connectivity index (χ2v) is 10.2. The van der Waals surface area contributed by atoms with Crippen LogP contribution in [0.25, 0.3) is 16.6 Å². The van der Waals surface area contributed by atoms with Crippen LogP contribution in [0.15, 0.2) is 70.6 Å². The SMILES string of the molecule is COc1ccc(Nc2nc3c(S(=O)(=O)c4ccc(C)c(C)c4)nnn3c3ccc(Cl)cc23)cc1. The number of rotatable bonds is 5. The molecule has 3 aromatic carbocycles. The van der Waals surface area contributed by atoms with Crippen LogP contribution in [0.4, 0.5) is 11.5 Å². The van der Waals surface area contributed by atoms with Crippen molar-refractivity contribution in [1.82, 2.24) is 19.8 Å². The lowest BCUT2D eigenvalue weighted by molar-refractivity contribution is 0.415. The molecule has 0 aliphatic rings. The molecule has 0 radical (unpaired) electrons. The zero-order valence-corrected chi connectivity index (χ0v) is 20.1. The Morgan fingerprint density at radius 1 is 0.971 bits per heavy atom. The molecule has 2 heterocycles. The highest BCUT2D eigenvalue weighted by Gasteiger charge is 2.27. The summed E-state index contributed by atoms with van der Waals surface area (Å²) in [6.07, 6.45) is 0. The number of sulfone groups is 1. The maximum absolute atomic E-state index is 13.5. The summed E-state index contributed by atoms with van der Waals surface area (Å²) in [5.41, 5.74) is 3.33. The lowest BCUT2D eigenvalue weighted by atomic mass is 10.1. The van der Waals surface area contributed by atoms with Gasteiger partial charge in [0.2, 0.25) is 14.9 Å². The Labute approximate surface area is 201 Å². The first-order valence-corrected chi connectivity index (χ1v) is 12.2. The molecule has 0 aliphatic heterocycles. The first kappa shape index (κ1) is 22.1. The molecule has 0 spiro atoms. The van der Waals surface area contributed by atoms with Crippen molar-refractivity contribution in [3.63, 3.8) is 0 Å². The first-order valence-electron chi connectivity index (χ1n) is 10.4. The minimum atomic E-state index is -3.96. The molecule has 34 heavy (non-hydrogen) atoms. The van der Waals surface area contributed by atoms with Gasteiger partial charge < -0.3 is 10.1 Å². The van der Waals surface area contributed by atoms with E-state index >= 15 is 0 Å². The topological polar surface area (TPSA) is 98.5 Å². The van der Waals surface area contributed by atoms with E-state index in [2.05, 4.69) is 20.6 Å². The van der Waals surface area contributed by atoms with Crippen molar-refractivity contribution in [3.05, 3.63) is 76.8 Å². The van der Waals surface area contributed by atoms with Crippen LogP contribution in [-0.4, -0.2) is 35.3 Å². The molecule has 0 saturated heterocycles. The maximum Gasteiger partial charge on any atom is 0.229 e.